The fourth-order valence-corrected chi connectivity index (χ4v) is 3.05. The Morgan fingerprint density at radius 1 is 1.33 bits per heavy atom. The van der Waals surface area contributed by atoms with Gasteiger partial charge in [0.1, 0.15) is 11.5 Å². The van der Waals surface area contributed by atoms with Gasteiger partial charge in [0.2, 0.25) is 0 Å². The molecule has 1 aliphatic heterocycles. The maximum atomic E-state index is 6.02. The Morgan fingerprint density at radius 2 is 2.19 bits per heavy atom. The summed E-state index contributed by atoms with van der Waals surface area (Å²) < 4.78 is 12.0. The Labute approximate surface area is 132 Å². The van der Waals surface area contributed by atoms with E-state index in [1.54, 1.807) is 7.11 Å². The van der Waals surface area contributed by atoms with Crippen LogP contribution in [0.2, 0.25) is 0 Å². The molecule has 0 fully saturated rings. The standard InChI is InChI=1S/C16H17BrN2O2/c1-20-13-2-3-15(14(18)8-13)19-9-11-7-12(17)6-10-4-5-21-16(10)11/h2-3,6-8,19H,4-5,9,18H2,1H3. The van der Waals surface area contributed by atoms with Crippen LogP contribution in [0.25, 0.3) is 0 Å². The van der Waals surface area contributed by atoms with Crippen molar-refractivity contribution < 1.29 is 9.47 Å². The van der Waals surface area contributed by atoms with Crippen LogP contribution in [-0.4, -0.2) is 13.7 Å². The highest BCUT2D eigenvalue weighted by atomic mass is 79.9. The van der Waals surface area contributed by atoms with Crippen molar-refractivity contribution in [2.24, 2.45) is 0 Å². The summed E-state index contributed by atoms with van der Waals surface area (Å²) in [4.78, 5) is 0. The van der Waals surface area contributed by atoms with E-state index < -0.39 is 0 Å². The van der Waals surface area contributed by atoms with E-state index in [9.17, 15) is 0 Å². The zero-order valence-corrected chi connectivity index (χ0v) is 13.4. The van der Waals surface area contributed by atoms with Crippen molar-refractivity contribution in [3.8, 4) is 11.5 Å². The highest BCUT2D eigenvalue weighted by molar-refractivity contribution is 9.10. The lowest BCUT2D eigenvalue weighted by Gasteiger charge is -2.13. The molecule has 0 bridgehead atoms. The van der Waals surface area contributed by atoms with E-state index in [1.807, 2.05) is 18.2 Å². The van der Waals surface area contributed by atoms with Crippen LogP contribution in [0.4, 0.5) is 11.4 Å². The van der Waals surface area contributed by atoms with Gasteiger partial charge in [-0.25, -0.2) is 0 Å². The fraction of sp³-hybridized carbons (Fsp3) is 0.250. The van der Waals surface area contributed by atoms with Gasteiger partial charge in [-0.05, 0) is 29.8 Å². The first-order valence-electron chi connectivity index (χ1n) is 6.79. The van der Waals surface area contributed by atoms with Crippen LogP contribution in [0, 0.1) is 0 Å². The van der Waals surface area contributed by atoms with Gasteiger partial charge >= 0.3 is 0 Å². The molecule has 3 rings (SSSR count). The average Bonchev–Trinajstić information content (AvgIpc) is 2.93. The van der Waals surface area contributed by atoms with Gasteiger partial charge in [0.05, 0.1) is 25.1 Å². The number of methoxy groups -OCH3 is 1. The van der Waals surface area contributed by atoms with Gasteiger partial charge < -0.3 is 20.5 Å². The number of benzene rings is 2. The molecule has 21 heavy (non-hydrogen) atoms. The molecule has 0 aromatic heterocycles. The number of halogens is 1. The second-order valence-electron chi connectivity index (χ2n) is 4.96. The van der Waals surface area contributed by atoms with Gasteiger partial charge in [0.15, 0.2) is 0 Å². The summed E-state index contributed by atoms with van der Waals surface area (Å²) in [5.41, 5.74) is 9.97. The lowest BCUT2D eigenvalue weighted by molar-refractivity contribution is 0.354. The van der Waals surface area contributed by atoms with Crippen LogP contribution in [0.3, 0.4) is 0 Å². The molecule has 0 saturated heterocycles. The predicted molar refractivity (Wildman–Crippen MR) is 88.1 cm³/mol. The third-order valence-corrected chi connectivity index (χ3v) is 4.01. The van der Waals surface area contributed by atoms with Crippen molar-refractivity contribution in [1.29, 1.82) is 0 Å². The number of anilines is 2. The third-order valence-electron chi connectivity index (χ3n) is 3.55. The number of ether oxygens (including phenoxy) is 2. The molecule has 0 saturated carbocycles. The third kappa shape index (κ3) is 2.93. The van der Waals surface area contributed by atoms with Crippen molar-refractivity contribution in [2.75, 3.05) is 24.8 Å². The fourth-order valence-electron chi connectivity index (χ4n) is 2.50. The summed E-state index contributed by atoms with van der Waals surface area (Å²) in [5.74, 6) is 1.75. The van der Waals surface area contributed by atoms with Crippen molar-refractivity contribution in [3.63, 3.8) is 0 Å². The van der Waals surface area contributed by atoms with E-state index in [0.29, 0.717) is 12.2 Å². The maximum Gasteiger partial charge on any atom is 0.127 e. The molecule has 0 atom stereocenters. The maximum absolute atomic E-state index is 6.02. The molecular formula is C16H17BrN2O2. The van der Waals surface area contributed by atoms with Gasteiger partial charge in [-0.2, -0.15) is 0 Å². The second kappa shape index (κ2) is 5.85. The molecule has 4 nitrogen and oxygen atoms in total. The number of rotatable bonds is 4. The van der Waals surface area contributed by atoms with Crippen LogP contribution < -0.4 is 20.5 Å². The lowest BCUT2D eigenvalue weighted by Crippen LogP contribution is -2.04. The summed E-state index contributed by atoms with van der Waals surface area (Å²) in [6.45, 7) is 1.42. The Hall–Kier alpha value is -1.88. The Bertz CT molecular complexity index is 674. The summed E-state index contributed by atoms with van der Waals surface area (Å²) in [6.07, 6.45) is 0.965. The molecule has 2 aromatic carbocycles. The molecule has 0 unspecified atom stereocenters. The molecular weight excluding hydrogens is 332 g/mol. The molecule has 0 aliphatic carbocycles. The van der Waals surface area contributed by atoms with E-state index in [-0.39, 0.29) is 0 Å². The zero-order valence-electron chi connectivity index (χ0n) is 11.8. The van der Waals surface area contributed by atoms with Crippen molar-refractivity contribution >= 4 is 27.3 Å². The number of hydrogen-bond acceptors (Lipinski definition) is 4. The first-order valence-corrected chi connectivity index (χ1v) is 7.58. The average molecular weight is 349 g/mol. The normalized spacial score (nSPS) is 12.7. The van der Waals surface area contributed by atoms with E-state index in [0.717, 1.165) is 40.3 Å². The van der Waals surface area contributed by atoms with Crippen LogP contribution in [-0.2, 0) is 13.0 Å². The van der Waals surface area contributed by atoms with Crippen LogP contribution in [0.5, 0.6) is 11.5 Å². The summed E-state index contributed by atoms with van der Waals surface area (Å²) in [6, 6.07) is 9.82. The number of nitrogens with two attached hydrogens (primary N) is 1. The number of fused-ring (bicyclic) bond motifs is 1. The van der Waals surface area contributed by atoms with Crippen molar-refractivity contribution in [3.05, 3.63) is 45.9 Å². The molecule has 5 heteroatoms. The van der Waals surface area contributed by atoms with Crippen LogP contribution in [0.15, 0.2) is 34.8 Å². The monoisotopic (exact) mass is 348 g/mol. The summed E-state index contributed by atoms with van der Waals surface area (Å²) in [5, 5.41) is 3.36. The van der Waals surface area contributed by atoms with Crippen molar-refractivity contribution in [1.82, 2.24) is 0 Å². The number of nitrogens with one attached hydrogen (secondary N) is 1. The SMILES string of the molecule is COc1ccc(NCc2cc(Br)cc3c2OCC3)c(N)c1. The van der Waals surface area contributed by atoms with E-state index >= 15 is 0 Å². The highest BCUT2D eigenvalue weighted by Gasteiger charge is 2.17. The second-order valence-corrected chi connectivity index (χ2v) is 5.87. The van der Waals surface area contributed by atoms with Gasteiger partial charge in [0.25, 0.3) is 0 Å². The minimum Gasteiger partial charge on any atom is -0.497 e. The Balaban J connectivity index is 1.79. The number of nitrogen functional groups attached to an aromatic ring is 1. The number of hydrogen-bond donors (Lipinski definition) is 2. The quantitative estimate of drug-likeness (QED) is 0.829. The largest absolute Gasteiger partial charge is 0.497 e. The minimum absolute atomic E-state index is 0.665. The molecule has 0 spiro atoms. The first kappa shape index (κ1) is 14.1. The lowest BCUT2D eigenvalue weighted by atomic mass is 10.1. The highest BCUT2D eigenvalue weighted by Crippen LogP contribution is 2.34. The van der Waals surface area contributed by atoms with E-state index in [4.69, 9.17) is 15.2 Å². The molecule has 110 valence electrons. The summed E-state index contributed by atoms with van der Waals surface area (Å²) in [7, 11) is 1.63. The molecule has 1 heterocycles. The summed E-state index contributed by atoms with van der Waals surface area (Å²) >= 11 is 3.55. The molecule has 2 aromatic rings. The van der Waals surface area contributed by atoms with Crippen molar-refractivity contribution in [2.45, 2.75) is 13.0 Å². The molecule has 0 amide bonds. The van der Waals surface area contributed by atoms with E-state index in [1.165, 1.54) is 5.56 Å². The van der Waals surface area contributed by atoms with Gasteiger partial charge in [-0.15, -0.1) is 0 Å². The Kier molecular flexibility index (Phi) is 3.92. The smallest absolute Gasteiger partial charge is 0.127 e. The van der Waals surface area contributed by atoms with Gasteiger partial charge in [-0.1, -0.05) is 15.9 Å². The Morgan fingerprint density at radius 3 is 2.95 bits per heavy atom. The van der Waals surface area contributed by atoms with E-state index in [2.05, 4.69) is 33.4 Å². The first-order chi connectivity index (χ1) is 10.2. The van der Waals surface area contributed by atoms with Crippen LogP contribution >= 0.6 is 15.9 Å². The minimum atomic E-state index is 0.665. The van der Waals surface area contributed by atoms with Gasteiger partial charge in [0, 0.05) is 29.1 Å². The zero-order chi connectivity index (χ0) is 14.8. The molecule has 3 N–H and O–H groups in total. The predicted octanol–water partition coefficient (Wildman–Crippen LogP) is 3.59. The molecule has 1 aliphatic rings. The topological polar surface area (TPSA) is 56.5 Å². The van der Waals surface area contributed by atoms with Gasteiger partial charge in [-0.3, -0.25) is 0 Å². The molecule has 0 radical (unpaired) electrons. The van der Waals surface area contributed by atoms with Crippen LogP contribution in [0.1, 0.15) is 11.1 Å².